The highest BCUT2D eigenvalue weighted by Crippen LogP contribution is 2.04. The van der Waals surface area contributed by atoms with Crippen LogP contribution in [0.5, 0.6) is 0 Å². The highest BCUT2D eigenvalue weighted by molar-refractivity contribution is 7.88. The van der Waals surface area contributed by atoms with Gasteiger partial charge in [0.25, 0.3) is 0 Å². The van der Waals surface area contributed by atoms with Crippen LogP contribution < -0.4 is 5.32 Å². The molecule has 0 aliphatic heterocycles. The van der Waals surface area contributed by atoms with Gasteiger partial charge in [0.1, 0.15) is 0 Å². The van der Waals surface area contributed by atoms with Gasteiger partial charge in [0.2, 0.25) is 15.9 Å². The van der Waals surface area contributed by atoms with Crippen molar-refractivity contribution in [1.82, 2.24) is 9.62 Å². The second-order valence-corrected chi connectivity index (χ2v) is 7.10. The summed E-state index contributed by atoms with van der Waals surface area (Å²) in [5, 5.41) is 2.81. The summed E-state index contributed by atoms with van der Waals surface area (Å²) in [6, 6.07) is 10.0. The van der Waals surface area contributed by atoms with Crippen LogP contribution in [0.1, 0.15) is 18.9 Å². The first kappa shape index (κ1) is 16.7. The van der Waals surface area contributed by atoms with E-state index in [0.717, 1.165) is 23.4 Å². The normalized spacial score (nSPS) is 13.2. The maximum atomic E-state index is 11.7. The third-order valence-corrected chi connectivity index (χ3v) is 4.31. The van der Waals surface area contributed by atoms with Crippen LogP contribution in [0.3, 0.4) is 0 Å². The minimum absolute atomic E-state index is 0.00988. The van der Waals surface area contributed by atoms with Crippen LogP contribution in [-0.2, 0) is 21.2 Å². The highest BCUT2D eigenvalue weighted by atomic mass is 32.2. The molecular weight excluding hydrogens is 276 g/mol. The van der Waals surface area contributed by atoms with Gasteiger partial charge in [0.15, 0.2) is 0 Å². The Morgan fingerprint density at radius 2 is 1.90 bits per heavy atom. The van der Waals surface area contributed by atoms with Gasteiger partial charge in [0, 0.05) is 13.1 Å². The molecule has 0 aliphatic carbocycles. The predicted molar refractivity (Wildman–Crippen MR) is 79.8 cm³/mol. The molecule has 0 spiro atoms. The van der Waals surface area contributed by atoms with Gasteiger partial charge in [-0.25, -0.2) is 8.42 Å². The van der Waals surface area contributed by atoms with Crippen molar-refractivity contribution in [3.63, 3.8) is 0 Å². The molecule has 1 rings (SSSR count). The Hall–Kier alpha value is -1.40. The fourth-order valence-electron chi connectivity index (χ4n) is 1.74. The zero-order valence-electron chi connectivity index (χ0n) is 12.2. The summed E-state index contributed by atoms with van der Waals surface area (Å²) in [5.74, 6) is -0.279. The van der Waals surface area contributed by atoms with Crippen LogP contribution in [-0.4, -0.2) is 44.5 Å². The van der Waals surface area contributed by atoms with Gasteiger partial charge in [-0.15, -0.1) is 0 Å². The van der Waals surface area contributed by atoms with E-state index < -0.39 is 10.0 Å². The standard InChI is InChI=1S/C14H22N2O3S/c1-12(9-10-13-7-5-4-6-8-13)15-14(17)11-16(2)20(3,18)19/h4-8,12H,9-11H2,1-3H3,(H,15,17)/t12-/m1/s1. The lowest BCUT2D eigenvalue weighted by molar-refractivity contribution is -0.121. The number of carbonyl (C=O) groups is 1. The SMILES string of the molecule is C[C@H](CCc1ccccc1)NC(=O)CN(C)S(C)(=O)=O. The van der Waals surface area contributed by atoms with E-state index in [1.165, 1.54) is 12.6 Å². The van der Waals surface area contributed by atoms with Crippen molar-refractivity contribution in [1.29, 1.82) is 0 Å². The predicted octanol–water partition coefficient (Wildman–Crippen LogP) is 1.02. The number of rotatable bonds is 7. The number of amides is 1. The van der Waals surface area contributed by atoms with Crippen LogP contribution in [0.2, 0.25) is 0 Å². The number of hydrogen-bond donors (Lipinski definition) is 1. The minimum atomic E-state index is -3.32. The van der Waals surface area contributed by atoms with E-state index in [1.54, 1.807) is 0 Å². The molecule has 1 aromatic rings. The third kappa shape index (κ3) is 6.16. The number of likely N-dealkylation sites (N-methyl/N-ethyl adjacent to an activating group) is 1. The fourth-order valence-corrected chi connectivity index (χ4v) is 2.09. The molecule has 0 heterocycles. The quantitative estimate of drug-likeness (QED) is 0.817. The van der Waals surface area contributed by atoms with Crippen LogP contribution in [0.4, 0.5) is 0 Å². The highest BCUT2D eigenvalue weighted by Gasteiger charge is 2.16. The Kier molecular flexibility index (Phi) is 6.16. The first-order valence-electron chi connectivity index (χ1n) is 6.53. The first-order chi connectivity index (χ1) is 9.29. The molecular formula is C14H22N2O3S. The summed E-state index contributed by atoms with van der Waals surface area (Å²) in [6.45, 7) is 1.77. The number of nitrogens with one attached hydrogen (secondary N) is 1. The molecule has 6 heteroatoms. The molecule has 0 aliphatic rings. The van der Waals surface area contributed by atoms with Gasteiger partial charge < -0.3 is 5.32 Å². The zero-order chi connectivity index (χ0) is 15.2. The molecule has 1 amide bonds. The Morgan fingerprint density at radius 3 is 2.45 bits per heavy atom. The van der Waals surface area contributed by atoms with Gasteiger partial charge in [-0.05, 0) is 25.3 Å². The van der Waals surface area contributed by atoms with Crippen LogP contribution in [0.25, 0.3) is 0 Å². The van der Waals surface area contributed by atoms with Crippen molar-refractivity contribution >= 4 is 15.9 Å². The summed E-state index contributed by atoms with van der Waals surface area (Å²) in [6.07, 6.45) is 2.78. The average Bonchev–Trinajstić information content (AvgIpc) is 2.36. The van der Waals surface area contributed by atoms with Crippen molar-refractivity contribution in [2.24, 2.45) is 0 Å². The Balaban J connectivity index is 2.35. The summed E-state index contributed by atoms with van der Waals surface area (Å²) < 4.78 is 23.5. The molecule has 1 atom stereocenters. The van der Waals surface area contributed by atoms with Gasteiger partial charge in [-0.3, -0.25) is 4.79 Å². The average molecular weight is 298 g/mol. The molecule has 0 saturated heterocycles. The molecule has 0 bridgehead atoms. The number of nitrogens with zero attached hydrogens (tertiary/aromatic N) is 1. The van der Waals surface area contributed by atoms with Crippen LogP contribution in [0.15, 0.2) is 30.3 Å². The number of aryl methyl sites for hydroxylation is 1. The van der Waals surface area contributed by atoms with Gasteiger partial charge in [0.05, 0.1) is 12.8 Å². The van der Waals surface area contributed by atoms with Crippen LogP contribution in [0, 0.1) is 0 Å². The van der Waals surface area contributed by atoms with E-state index in [2.05, 4.69) is 5.32 Å². The minimum Gasteiger partial charge on any atom is -0.352 e. The van der Waals surface area contributed by atoms with Gasteiger partial charge in [-0.1, -0.05) is 30.3 Å². The second kappa shape index (κ2) is 7.40. The summed E-state index contributed by atoms with van der Waals surface area (Å²) >= 11 is 0. The van der Waals surface area contributed by atoms with Gasteiger partial charge in [-0.2, -0.15) is 4.31 Å². The molecule has 0 aromatic heterocycles. The van der Waals surface area contributed by atoms with Crippen molar-refractivity contribution in [2.45, 2.75) is 25.8 Å². The van der Waals surface area contributed by atoms with Crippen molar-refractivity contribution < 1.29 is 13.2 Å². The van der Waals surface area contributed by atoms with E-state index in [9.17, 15) is 13.2 Å². The van der Waals surface area contributed by atoms with Crippen molar-refractivity contribution in [3.05, 3.63) is 35.9 Å². The molecule has 20 heavy (non-hydrogen) atoms. The monoisotopic (exact) mass is 298 g/mol. The topological polar surface area (TPSA) is 66.5 Å². The summed E-state index contributed by atoms with van der Waals surface area (Å²) in [7, 11) is -1.92. The lowest BCUT2D eigenvalue weighted by Crippen LogP contribution is -2.41. The first-order valence-corrected chi connectivity index (χ1v) is 8.38. The summed E-state index contributed by atoms with van der Waals surface area (Å²) in [4.78, 5) is 11.7. The van der Waals surface area contributed by atoms with Crippen molar-refractivity contribution in [2.75, 3.05) is 19.8 Å². The lowest BCUT2D eigenvalue weighted by Gasteiger charge is -2.17. The van der Waals surface area contributed by atoms with Gasteiger partial charge >= 0.3 is 0 Å². The fraction of sp³-hybridized carbons (Fsp3) is 0.500. The van der Waals surface area contributed by atoms with E-state index in [0.29, 0.717) is 0 Å². The Morgan fingerprint density at radius 1 is 1.30 bits per heavy atom. The second-order valence-electron chi connectivity index (χ2n) is 5.01. The Bertz CT molecular complexity index is 529. The van der Waals surface area contributed by atoms with E-state index in [1.807, 2.05) is 37.3 Å². The smallest absolute Gasteiger partial charge is 0.235 e. The number of sulfonamides is 1. The molecule has 1 aromatic carbocycles. The molecule has 0 unspecified atom stereocenters. The molecule has 0 fully saturated rings. The number of hydrogen-bond acceptors (Lipinski definition) is 3. The number of carbonyl (C=O) groups excluding carboxylic acids is 1. The van der Waals surface area contributed by atoms with Crippen molar-refractivity contribution in [3.8, 4) is 0 Å². The lowest BCUT2D eigenvalue weighted by atomic mass is 10.1. The molecule has 0 saturated carbocycles. The molecule has 0 radical (unpaired) electrons. The van der Waals surface area contributed by atoms with E-state index in [-0.39, 0.29) is 18.5 Å². The Labute approximate surface area is 121 Å². The van der Waals surface area contributed by atoms with E-state index in [4.69, 9.17) is 0 Å². The van der Waals surface area contributed by atoms with Crippen LogP contribution >= 0.6 is 0 Å². The van der Waals surface area contributed by atoms with E-state index >= 15 is 0 Å². The number of benzene rings is 1. The maximum absolute atomic E-state index is 11.7. The molecule has 1 N–H and O–H groups in total. The molecule has 112 valence electrons. The molecule has 5 nitrogen and oxygen atoms in total. The largest absolute Gasteiger partial charge is 0.352 e. The zero-order valence-corrected chi connectivity index (χ0v) is 13.0. The maximum Gasteiger partial charge on any atom is 0.235 e. The summed E-state index contributed by atoms with van der Waals surface area (Å²) in [5.41, 5.74) is 1.22. The third-order valence-electron chi connectivity index (χ3n) is 3.05.